The molecule has 0 aromatic carbocycles. The number of morpholine rings is 1. The molecule has 0 aliphatic carbocycles. The van der Waals surface area contributed by atoms with Crippen molar-refractivity contribution in [2.75, 3.05) is 24.6 Å². The molecule has 2 unspecified atom stereocenters. The highest BCUT2D eigenvalue weighted by Gasteiger charge is 2.37. The lowest BCUT2D eigenvalue weighted by molar-refractivity contribution is -0.138. The van der Waals surface area contributed by atoms with E-state index in [9.17, 15) is 13.2 Å². The number of hydrogen-bond donors (Lipinski definition) is 1. The summed E-state index contributed by atoms with van der Waals surface area (Å²) in [7, 11) is 0. The molecular weight excluding hydrogens is 269 g/mol. The van der Waals surface area contributed by atoms with Crippen LogP contribution in [0.15, 0.2) is 0 Å². The molecule has 0 spiro atoms. The third-order valence-electron chi connectivity index (χ3n) is 2.67. The Kier molecular flexibility index (Phi) is 3.74. The summed E-state index contributed by atoms with van der Waals surface area (Å²) in [5.74, 6) is 0. The van der Waals surface area contributed by atoms with Gasteiger partial charge in [0.15, 0.2) is 0 Å². The quantitative estimate of drug-likeness (QED) is 0.880. The van der Waals surface area contributed by atoms with Crippen LogP contribution in [-0.4, -0.2) is 42.0 Å². The lowest BCUT2D eigenvalue weighted by atomic mass is 10.2. The van der Waals surface area contributed by atoms with Gasteiger partial charge in [0.25, 0.3) is 0 Å². The second-order valence-corrected chi connectivity index (χ2v) is 5.04. The monoisotopic (exact) mass is 282 g/mol. The maximum absolute atomic E-state index is 12.5. The van der Waals surface area contributed by atoms with E-state index in [2.05, 4.69) is 10.2 Å². The molecule has 0 radical (unpaired) electrons. The summed E-state index contributed by atoms with van der Waals surface area (Å²) in [6.07, 6.45) is -4.63. The first-order valence-corrected chi connectivity index (χ1v) is 6.22. The van der Waals surface area contributed by atoms with Crippen LogP contribution < -0.4 is 10.6 Å². The first-order chi connectivity index (χ1) is 8.41. The fraction of sp³-hybridized carbons (Fsp3) is 0.778. The summed E-state index contributed by atoms with van der Waals surface area (Å²) in [5, 5.41) is 6.11. The number of hydrogen-bond acceptors (Lipinski definition) is 6. The molecule has 0 amide bonds. The van der Waals surface area contributed by atoms with Crippen LogP contribution in [0.2, 0.25) is 0 Å². The van der Waals surface area contributed by atoms with E-state index >= 15 is 0 Å². The Morgan fingerprint density at radius 1 is 1.50 bits per heavy atom. The van der Waals surface area contributed by atoms with Crippen LogP contribution in [0.4, 0.5) is 18.3 Å². The van der Waals surface area contributed by atoms with E-state index in [1.165, 1.54) is 0 Å². The Bertz CT molecular complexity index is 411. The van der Waals surface area contributed by atoms with Gasteiger partial charge in [0.1, 0.15) is 0 Å². The highest BCUT2D eigenvalue weighted by molar-refractivity contribution is 7.15. The molecule has 1 aliphatic heterocycles. The average Bonchev–Trinajstić information content (AvgIpc) is 2.78. The topological polar surface area (TPSA) is 64.3 Å². The zero-order chi connectivity index (χ0) is 13.3. The lowest BCUT2D eigenvalue weighted by Crippen LogP contribution is -2.50. The molecular formula is C9H13F3N4OS. The van der Waals surface area contributed by atoms with Crippen molar-refractivity contribution in [3.05, 3.63) is 5.01 Å². The van der Waals surface area contributed by atoms with Crippen molar-refractivity contribution in [2.45, 2.75) is 25.2 Å². The second kappa shape index (κ2) is 4.98. The van der Waals surface area contributed by atoms with Gasteiger partial charge in [-0.2, -0.15) is 13.2 Å². The Morgan fingerprint density at radius 3 is 2.78 bits per heavy atom. The molecule has 2 heterocycles. The van der Waals surface area contributed by atoms with Crippen LogP contribution in [0.25, 0.3) is 0 Å². The maximum Gasteiger partial charge on any atom is 0.445 e. The molecule has 2 N–H and O–H groups in total. The molecule has 0 bridgehead atoms. The van der Waals surface area contributed by atoms with Crippen molar-refractivity contribution in [3.8, 4) is 0 Å². The van der Waals surface area contributed by atoms with E-state index in [-0.39, 0.29) is 17.3 Å². The number of alkyl halides is 3. The Balaban J connectivity index is 2.17. The van der Waals surface area contributed by atoms with E-state index in [4.69, 9.17) is 10.5 Å². The van der Waals surface area contributed by atoms with Crippen molar-refractivity contribution >= 4 is 16.5 Å². The fourth-order valence-electron chi connectivity index (χ4n) is 1.67. The Hall–Kier alpha value is -0.930. The van der Waals surface area contributed by atoms with Gasteiger partial charge in [0, 0.05) is 13.1 Å². The van der Waals surface area contributed by atoms with Crippen molar-refractivity contribution in [1.29, 1.82) is 0 Å². The molecule has 1 aromatic rings. The van der Waals surface area contributed by atoms with Gasteiger partial charge in [-0.1, -0.05) is 11.3 Å². The number of aromatic nitrogens is 2. The summed E-state index contributed by atoms with van der Waals surface area (Å²) >= 11 is 0.545. The molecule has 102 valence electrons. The molecule has 5 nitrogen and oxygen atoms in total. The summed E-state index contributed by atoms with van der Waals surface area (Å²) in [6.45, 7) is 3.04. The summed E-state index contributed by atoms with van der Waals surface area (Å²) < 4.78 is 42.8. The van der Waals surface area contributed by atoms with Gasteiger partial charge in [-0.3, -0.25) is 0 Å². The smallest absolute Gasteiger partial charge is 0.373 e. The normalized spacial score (nSPS) is 25.5. The molecule has 9 heteroatoms. The van der Waals surface area contributed by atoms with Crippen LogP contribution in [-0.2, 0) is 10.9 Å². The van der Waals surface area contributed by atoms with Crippen molar-refractivity contribution in [2.24, 2.45) is 5.73 Å². The van der Waals surface area contributed by atoms with Gasteiger partial charge in [0.05, 0.1) is 18.8 Å². The van der Waals surface area contributed by atoms with Crippen LogP contribution in [0.1, 0.15) is 11.9 Å². The van der Waals surface area contributed by atoms with Gasteiger partial charge in [0.2, 0.25) is 10.1 Å². The fourth-order valence-corrected chi connectivity index (χ4v) is 2.50. The van der Waals surface area contributed by atoms with E-state index < -0.39 is 11.2 Å². The first-order valence-electron chi connectivity index (χ1n) is 5.41. The van der Waals surface area contributed by atoms with Gasteiger partial charge in [-0.15, -0.1) is 10.2 Å². The lowest BCUT2D eigenvalue weighted by Gasteiger charge is -2.37. The van der Waals surface area contributed by atoms with Crippen molar-refractivity contribution in [3.63, 3.8) is 0 Å². The van der Waals surface area contributed by atoms with E-state index in [0.717, 1.165) is 0 Å². The van der Waals surface area contributed by atoms with Gasteiger partial charge in [-0.05, 0) is 6.92 Å². The van der Waals surface area contributed by atoms with E-state index in [1.54, 1.807) is 4.90 Å². The zero-order valence-corrected chi connectivity index (χ0v) is 10.5. The Morgan fingerprint density at radius 2 is 2.22 bits per heavy atom. The van der Waals surface area contributed by atoms with Crippen LogP contribution in [0.5, 0.6) is 0 Å². The second-order valence-electron chi connectivity index (χ2n) is 4.08. The number of nitrogens with zero attached hydrogens (tertiary/aromatic N) is 3. The van der Waals surface area contributed by atoms with E-state index in [0.29, 0.717) is 31.0 Å². The molecule has 1 aliphatic rings. The SMILES string of the molecule is CC1COC(CN)CN1c1nnc(C(F)(F)F)s1. The van der Waals surface area contributed by atoms with Gasteiger partial charge < -0.3 is 15.4 Å². The molecule has 1 fully saturated rings. The number of anilines is 1. The first kappa shape index (κ1) is 13.5. The minimum absolute atomic E-state index is 0.0400. The van der Waals surface area contributed by atoms with Gasteiger partial charge >= 0.3 is 6.18 Å². The number of halogens is 3. The van der Waals surface area contributed by atoms with Crippen molar-refractivity contribution < 1.29 is 17.9 Å². The van der Waals surface area contributed by atoms with Crippen molar-refractivity contribution in [1.82, 2.24) is 10.2 Å². The predicted octanol–water partition coefficient (Wildman–Crippen LogP) is 1.11. The van der Waals surface area contributed by atoms with Crippen LogP contribution in [0, 0.1) is 0 Å². The van der Waals surface area contributed by atoms with E-state index in [1.807, 2.05) is 6.92 Å². The molecule has 18 heavy (non-hydrogen) atoms. The third kappa shape index (κ3) is 2.73. The Labute approximate surface area is 106 Å². The number of ether oxygens (including phenoxy) is 1. The largest absolute Gasteiger partial charge is 0.445 e. The summed E-state index contributed by atoms with van der Waals surface area (Å²) in [6, 6.07) is -0.0400. The van der Waals surface area contributed by atoms with Crippen LogP contribution in [0.3, 0.4) is 0 Å². The standard InChI is InChI=1S/C9H13F3N4OS/c1-5-4-17-6(2-13)3-16(5)8-15-14-7(18-8)9(10,11)12/h5-6H,2-4,13H2,1H3. The minimum Gasteiger partial charge on any atom is -0.373 e. The molecule has 2 atom stereocenters. The average molecular weight is 282 g/mol. The zero-order valence-electron chi connectivity index (χ0n) is 9.65. The summed E-state index contributed by atoms with van der Waals surface area (Å²) in [5.41, 5.74) is 5.50. The predicted molar refractivity (Wildman–Crippen MR) is 60.5 cm³/mol. The maximum atomic E-state index is 12.5. The summed E-state index contributed by atoms with van der Waals surface area (Å²) in [4.78, 5) is 1.76. The number of nitrogens with two attached hydrogens (primary N) is 1. The molecule has 1 aromatic heterocycles. The molecule has 0 saturated carbocycles. The third-order valence-corrected chi connectivity index (χ3v) is 3.68. The van der Waals surface area contributed by atoms with Crippen LogP contribution >= 0.6 is 11.3 Å². The number of rotatable bonds is 2. The van der Waals surface area contributed by atoms with Gasteiger partial charge in [-0.25, -0.2) is 0 Å². The highest BCUT2D eigenvalue weighted by atomic mass is 32.1. The minimum atomic E-state index is -4.45. The molecule has 2 rings (SSSR count). The molecule has 1 saturated heterocycles. The highest BCUT2D eigenvalue weighted by Crippen LogP contribution is 2.35.